The first-order chi connectivity index (χ1) is 13.5. The summed E-state index contributed by atoms with van der Waals surface area (Å²) in [4.78, 5) is 24.4. The molecule has 0 aliphatic carbocycles. The Hall–Kier alpha value is -3.22. The second kappa shape index (κ2) is 10.2. The number of hydrogen-bond acceptors (Lipinski definition) is 5. The third kappa shape index (κ3) is 5.64. The van der Waals surface area contributed by atoms with Crippen molar-refractivity contribution in [3.05, 3.63) is 53.1 Å². The van der Waals surface area contributed by atoms with E-state index in [9.17, 15) is 9.59 Å². The lowest BCUT2D eigenvalue weighted by Gasteiger charge is -2.12. The van der Waals surface area contributed by atoms with E-state index < -0.39 is 5.91 Å². The largest absolute Gasteiger partial charge is 0.496 e. The highest BCUT2D eigenvalue weighted by Crippen LogP contribution is 2.28. The molecule has 0 unspecified atom stereocenters. The number of hydrazine groups is 1. The number of amides is 2. The van der Waals surface area contributed by atoms with Gasteiger partial charge in [-0.2, -0.15) is 0 Å². The molecule has 0 spiro atoms. The summed E-state index contributed by atoms with van der Waals surface area (Å²) < 4.78 is 16.1. The Morgan fingerprint density at radius 3 is 2.36 bits per heavy atom. The zero-order valence-electron chi connectivity index (χ0n) is 16.6. The summed E-state index contributed by atoms with van der Waals surface area (Å²) >= 11 is 0. The summed E-state index contributed by atoms with van der Waals surface area (Å²) in [6, 6.07) is 10.4. The number of carbonyl (C=O) groups is 2. The zero-order valence-corrected chi connectivity index (χ0v) is 16.6. The molecule has 2 aromatic rings. The number of methoxy groups -OCH3 is 2. The smallest absolute Gasteiger partial charge is 0.269 e. The molecule has 2 rings (SSSR count). The van der Waals surface area contributed by atoms with Crippen LogP contribution >= 0.6 is 0 Å². The Bertz CT molecular complexity index is 836. The van der Waals surface area contributed by atoms with Gasteiger partial charge in [0.25, 0.3) is 5.91 Å². The average molecular weight is 386 g/mol. The van der Waals surface area contributed by atoms with Crippen LogP contribution in [-0.2, 0) is 11.2 Å². The maximum absolute atomic E-state index is 12.3. The van der Waals surface area contributed by atoms with Gasteiger partial charge < -0.3 is 14.2 Å². The quantitative estimate of drug-likeness (QED) is 0.682. The van der Waals surface area contributed by atoms with Gasteiger partial charge in [-0.25, -0.2) is 0 Å². The van der Waals surface area contributed by atoms with Gasteiger partial charge in [0.1, 0.15) is 5.75 Å². The molecule has 0 aliphatic heterocycles. The van der Waals surface area contributed by atoms with Gasteiger partial charge in [-0.3, -0.25) is 20.4 Å². The van der Waals surface area contributed by atoms with Crippen LogP contribution in [0.5, 0.6) is 17.2 Å². The second-order valence-corrected chi connectivity index (χ2v) is 6.20. The molecular weight excluding hydrogens is 360 g/mol. The summed E-state index contributed by atoms with van der Waals surface area (Å²) in [5, 5.41) is 0. The molecule has 0 aromatic heterocycles. The fourth-order valence-corrected chi connectivity index (χ4v) is 2.54. The molecule has 28 heavy (non-hydrogen) atoms. The molecule has 0 fully saturated rings. The second-order valence-electron chi connectivity index (χ2n) is 6.20. The minimum Gasteiger partial charge on any atom is -0.496 e. The summed E-state index contributed by atoms with van der Waals surface area (Å²) in [5.74, 6) is 0.952. The van der Waals surface area contributed by atoms with Crippen molar-refractivity contribution in [2.75, 3.05) is 20.8 Å². The SMILES string of the molecule is CCCOc1ccc(C(=O)NNC(=O)Cc2ccc(C)c(OC)c2)cc1OC. The number of ether oxygens (including phenoxy) is 3. The Morgan fingerprint density at radius 1 is 0.929 bits per heavy atom. The van der Waals surface area contributed by atoms with Crippen molar-refractivity contribution in [2.45, 2.75) is 26.7 Å². The van der Waals surface area contributed by atoms with Crippen molar-refractivity contribution in [3.63, 3.8) is 0 Å². The third-order valence-electron chi connectivity index (χ3n) is 4.04. The Labute approximate surface area is 165 Å². The van der Waals surface area contributed by atoms with Crippen LogP contribution in [0.1, 0.15) is 34.8 Å². The van der Waals surface area contributed by atoms with Crippen molar-refractivity contribution in [1.82, 2.24) is 10.9 Å². The van der Waals surface area contributed by atoms with E-state index in [1.165, 1.54) is 7.11 Å². The van der Waals surface area contributed by atoms with Gasteiger partial charge >= 0.3 is 0 Å². The van der Waals surface area contributed by atoms with Crippen LogP contribution in [0, 0.1) is 6.92 Å². The molecule has 0 saturated heterocycles. The predicted octanol–water partition coefficient (Wildman–Crippen LogP) is 2.80. The van der Waals surface area contributed by atoms with E-state index in [-0.39, 0.29) is 12.3 Å². The molecule has 0 saturated carbocycles. The molecule has 7 heteroatoms. The Morgan fingerprint density at radius 2 is 1.68 bits per heavy atom. The molecule has 150 valence electrons. The van der Waals surface area contributed by atoms with Crippen LogP contribution in [0.15, 0.2) is 36.4 Å². The zero-order chi connectivity index (χ0) is 20.5. The number of hydrogen-bond donors (Lipinski definition) is 2. The normalized spacial score (nSPS) is 10.1. The molecule has 2 aromatic carbocycles. The average Bonchev–Trinajstić information content (AvgIpc) is 2.71. The van der Waals surface area contributed by atoms with Gasteiger partial charge in [-0.1, -0.05) is 19.1 Å². The number of aryl methyl sites for hydroxylation is 1. The fraction of sp³-hybridized carbons (Fsp3) is 0.333. The van der Waals surface area contributed by atoms with Crippen LogP contribution in [-0.4, -0.2) is 32.6 Å². The molecular formula is C21H26N2O5. The van der Waals surface area contributed by atoms with Crippen LogP contribution in [0.3, 0.4) is 0 Å². The van der Waals surface area contributed by atoms with Crippen LogP contribution in [0.4, 0.5) is 0 Å². The number of carbonyl (C=O) groups excluding carboxylic acids is 2. The summed E-state index contributed by atoms with van der Waals surface area (Å²) in [5.41, 5.74) is 6.94. The van der Waals surface area contributed by atoms with E-state index in [0.29, 0.717) is 29.4 Å². The van der Waals surface area contributed by atoms with Crippen LogP contribution < -0.4 is 25.1 Å². The molecule has 2 N–H and O–H groups in total. The minimum absolute atomic E-state index is 0.115. The fourth-order valence-electron chi connectivity index (χ4n) is 2.54. The molecule has 0 radical (unpaired) electrons. The van der Waals surface area contributed by atoms with Gasteiger partial charge in [-0.15, -0.1) is 0 Å². The van der Waals surface area contributed by atoms with E-state index in [0.717, 1.165) is 17.5 Å². The third-order valence-corrected chi connectivity index (χ3v) is 4.04. The van der Waals surface area contributed by atoms with E-state index in [4.69, 9.17) is 14.2 Å². The molecule has 0 aliphatic rings. The topological polar surface area (TPSA) is 85.9 Å². The van der Waals surface area contributed by atoms with Gasteiger partial charge in [-0.05, 0) is 48.7 Å². The Kier molecular flexibility index (Phi) is 7.68. The van der Waals surface area contributed by atoms with Gasteiger partial charge in [0.2, 0.25) is 5.91 Å². The van der Waals surface area contributed by atoms with Gasteiger partial charge in [0, 0.05) is 5.56 Å². The predicted molar refractivity (Wildman–Crippen MR) is 106 cm³/mol. The van der Waals surface area contributed by atoms with E-state index in [1.807, 2.05) is 26.0 Å². The van der Waals surface area contributed by atoms with Crippen LogP contribution in [0.2, 0.25) is 0 Å². The Balaban J connectivity index is 1.95. The first-order valence-corrected chi connectivity index (χ1v) is 9.02. The lowest BCUT2D eigenvalue weighted by Crippen LogP contribution is -2.42. The van der Waals surface area contributed by atoms with E-state index in [2.05, 4.69) is 10.9 Å². The van der Waals surface area contributed by atoms with E-state index in [1.54, 1.807) is 31.4 Å². The summed E-state index contributed by atoms with van der Waals surface area (Å²) in [6.07, 6.45) is 0.980. The highest BCUT2D eigenvalue weighted by atomic mass is 16.5. The molecule has 0 atom stereocenters. The van der Waals surface area contributed by atoms with E-state index >= 15 is 0 Å². The first kappa shape index (κ1) is 21.1. The lowest BCUT2D eigenvalue weighted by atomic mass is 10.1. The monoisotopic (exact) mass is 386 g/mol. The maximum Gasteiger partial charge on any atom is 0.269 e. The highest BCUT2D eigenvalue weighted by molar-refractivity contribution is 5.96. The molecule has 7 nitrogen and oxygen atoms in total. The van der Waals surface area contributed by atoms with Crippen molar-refractivity contribution >= 4 is 11.8 Å². The van der Waals surface area contributed by atoms with Crippen molar-refractivity contribution in [2.24, 2.45) is 0 Å². The van der Waals surface area contributed by atoms with Crippen molar-refractivity contribution in [3.8, 4) is 17.2 Å². The standard InChI is InChI=1S/C21H26N2O5/c1-5-10-28-17-9-8-16(13-19(17)27-4)21(25)23-22-20(24)12-15-7-6-14(2)18(11-15)26-3/h6-9,11,13H,5,10,12H2,1-4H3,(H,22,24)(H,23,25). The number of rotatable bonds is 8. The minimum atomic E-state index is -0.449. The van der Waals surface area contributed by atoms with Gasteiger partial charge in [0.05, 0.1) is 27.2 Å². The first-order valence-electron chi connectivity index (χ1n) is 9.02. The summed E-state index contributed by atoms with van der Waals surface area (Å²) in [7, 11) is 3.09. The van der Waals surface area contributed by atoms with Crippen molar-refractivity contribution in [1.29, 1.82) is 0 Å². The van der Waals surface area contributed by atoms with Crippen LogP contribution in [0.25, 0.3) is 0 Å². The lowest BCUT2D eigenvalue weighted by molar-refractivity contribution is -0.121. The van der Waals surface area contributed by atoms with Crippen molar-refractivity contribution < 1.29 is 23.8 Å². The highest BCUT2D eigenvalue weighted by Gasteiger charge is 2.13. The molecule has 0 heterocycles. The maximum atomic E-state index is 12.3. The number of nitrogens with one attached hydrogen (secondary N) is 2. The number of benzene rings is 2. The molecule has 0 bridgehead atoms. The van der Waals surface area contributed by atoms with Gasteiger partial charge in [0.15, 0.2) is 11.5 Å². The summed E-state index contributed by atoms with van der Waals surface area (Å²) in [6.45, 7) is 4.49. The molecule has 2 amide bonds.